The Morgan fingerprint density at radius 2 is 1.90 bits per heavy atom. The zero-order valence-corrected chi connectivity index (χ0v) is 18.6. The second-order valence-corrected chi connectivity index (χ2v) is 8.94. The van der Waals surface area contributed by atoms with Gasteiger partial charge in [0, 0.05) is 12.5 Å². The number of carbonyl (C=O) groups excluding carboxylic acids is 2. The highest BCUT2D eigenvalue weighted by Crippen LogP contribution is 2.28. The summed E-state index contributed by atoms with van der Waals surface area (Å²) in [7, 11) is 0. The van der Waals surface area contributed by atoms with Gasteiger partial charge in [0.2, 0.25) is 0 Å². The van der Waals surface area contributed by atoms with Crippen molar-refractivity contribution < 1.29 is 28.9 Å². The summed E-state index contributed by atoms with van der Waals surface area (Å²) in [5, 5.41) is 12.2. The van der Waals surface area contributed by atoms with Crippen LogP contribution in [0.3, 0.4) is 0 Å². The standard InChI is InChI=1S/C23H35NO6/c1-15-9-11-18(12-10-15)29-20-16(2)28-21(26)19(8-6-7-17(20)13-14-25)24-22(27)30-23(3,4)5/h9-12,16-17,19-20,25H,6-8,13-14H2,1-5H3,(H,24,27)/t16-,17+,19-,20-/m0/s1. The van der Waals surface area contributed by atoms with Crippen molar-refractivity contribution >= 4 is 12.1 Å². The lowest BCUT2D eigenvalue weighted by molar-refractivity contribution is -0.156. The van der Waals surface area contributed by atoms with Gasteiger partial charge in [0.1, 0.15) is 29.6 Å². The normalized spacial score (nSPS) is 25.3. The van der Waals surface area contributed by atoms with Crippen molar-refractivity contribution in [3.63, 3.8) is 0 Å². The number of alkyl carbamates (subject to hydrolysis) is 1. The highest BCUT2D eigenvalue weighted by Gasteiger charge is 2.36. The maximum atomic E-state index is 12.7. The van der Waals surface area contributed by atoms with E-state index in [9.17, 15) is 14.7 Å². The van der Waals surface area contributed by atoms with Gasteiger partial charge in [-0.2, -0.15) is 0 Å². The molecule has 4 atom stereocenters. The van der Waals surface area contributed by atoms with Crippen molar-refractivity contribution in [2.24, 2.45) is 5.92 Å². The Morgan fingerprint density at radius 1 is 1.23 bits per heavy atom. The molecule has 0 spiro atoms. The molecule has 0 aromatic heterocycles. The third-order valence-electron chi connectivity index (χ3n) is 5.07. The van der Waals surface area contributed by atoms with Gasteiger partial charge in [0.25, 0.3) is 0 Å². The molecule has 0 saturated carbocycles. The molecule has 1 aromatic rings. The van der Waals surface area contributed by atoms with Crippen LogP contribution in [-0.4, -0.2) is 47.6 Å². The van der Waals surface area contributed by atoms with E-state index in [1.54, 1.807) is 27.7 Å². The van der Waals surface area contributed by atoms with E-state index in [4.69, 9.17) is 14.2 Å². The molecule has 1 heterocycles. The first-order valence-electron chi connectivity index (χ1n) is 10.6. The van der Waals surface area contributed by atoms with Crippen LogP contribution in [0.25, 0.3) is 0 Å². The average molecular weight is 422 g/mol. The first-order valence-corrected chi connectivity index (χ1v) is 10.6. The Morgan fingerprint density at radius 3 is 2.50 bits per heavy atom. The number of nitrogens with one attached hydrogen (secondary N) is 1. The molecule has 0 bridgehead atoms. The van der Waals surface area contributed by atoms with Crippen LogP contribution in [0.2, 0.25) is 0 Å². The van der Waals surface area contributed by atoms with Crippen molar-refractivity contribution in [3.05, 3.63) is 29.8 Å². The van der Waals surface area contributed by atoms with E-state index in [0.717, 1.165) is 12.0 Å². The number of carbonyl (C=O) groups is 2. The van der Waals surface area contributed by atoms with Crippen LogP contribution >= 0.6 is 0 Å². The molecule has 1 aliphatic rings. The molecule has 1 fully saturated rings. The van der Waals surface area contributed by atoms with Crippen LogP contribution in [0.4, 0.5) is 4.79 Å². The Bertz CT molecular complexity index is 697. The number of aliphatic hydroxyl groups excluding tert-OH is 1. The molecular weight excluding hydrogens is 386 g/mol. The third kappa shape index (κ3) is 7.52. The van der Waals surface area contributed by atoms with Gasteiger partial charge in [-0.25, -0.2) is 9.59 Å². The Hall–Kier alpha value is -2.28. The molecule has 1 amide bonds. The maximum Gasteiger partial charge on any atom is 0.408 e. The lowest BCUT2D eigenvalue weighted by Gasteiger charge is -2.31. The summed E-state index contributed by atoms with van der Waals surface area (Å²) in [5.41, 5.74) is 0.471. The number of hydrogen-bond acceptors (Lipinski definition) is 6. The van der Waals surface area contributed by atoms with Gasteiger partial charge in [0.05, 0.1) is 0 Å². The number of cyclic esters (lactones) is 1. The van der Waals surface area contributed by atoms with Crippen LogP contribution in [-0.2, 0) is 14.3 Å². The summed E-state index contributed by atoms with van der Waals surface area (Å²) < 4.78 is 17.2. The Labute approximate surface area is 179 Å². The number of esters is 1. The fraction of sp³-hybridized carbons (Fsp3) is 0.652. The zero-order chi connectivity index (χ0) is 22.3. The first-order chi connectivity index (χ1) is 14.1. The van der Waals surface area contributed by atoms with Crippen LogP contribution in [0.1, 0.15) is 58.9 Å². The van der Waals surface area contributed by atoms with Crippen LogP contribution in [0.15, 0.2) is 24.3 Å². The zero-order valence-electron chi connectivity index (χ0n) is 18.6. The van der Waals surface area contributed by atoms with Gasteiger partial charge in [0.15, 0.2) is 0 Å². The van der Waals surface area contributed by atoms with Gasteiger partial charge in [-0.1, -0.05) is 24.1 Å². The molecule has 30 heavy (non-hydrogen) atoms. The number of ether oxygens (including phenoxy) is 3. The van der Waals surface area contributed by atoms with Crippen molar-refractivity contribution in [2.45, 2.75) is 84.2 Å². The topological polar surface area (TPSA) is 94.1 Å². The number of amides is 1. The molecule has 0 aliphatic carbocycles. The van der Waals surface area contributed by atoms with Crippen LogP contribution < -0.4 is 10.1 Å². The van der Waals surface area contributed by atoms with Gasteiger partial charge in [-0.15, -0.1) is 0 Å². The molecule has 1 saturated heterocycles. The molecule has 0 radical (unpaired) electrons. The number of rotatable bonds is 5. The quantitative estimate of drug-likeness (QED) is 0.703. The van der Waals surface area contributed by atoms with E-state index in [0.29, 0.717) is 25.0 Å². The monoisotopic (exact) mass is 421 g/mol. The number of aliphatic hydroxyl groups is 1. The minimum Gasteiger partial charge on any atom is -0.486 e. The van der Waals surface area contributed by atoms with E-state index >= 15 is 0 Å². The van der Waals surface area contributed by atoms with Gasteiger partial charge in [-0.3, -0.25) is 0 Å². The average Bonchev–Trinajstić information content (AvgIpc) is 2.68. The highest BCUT2D eigenvalue weighted by atomic mass is 16.6. The second-order valence-electron chi connectivity index (χ2n) is 8.94. The Balaban J connectivity index is 2.14. The lowest BCUT2D eigenvalue weighted by Crippen LogP contribution is -2.46. The summed E-state index contributed by atoms with van der Waals surface area (Å²) >= 11 is 0. The molecule has 168 valence electrons. The molecule has 7 heteroatoms. The molecule has 0 unspecified atom stereocenters. The van der Waals surface area contributed by atoms with Crippen molar-refractivity contribution in [1.29, 1.82) is 0 Å². The van der Waals surface area contributed by atoms with E-state index in [1.165, 1.54) is 0 Å². The van der Waals surface area contributed by atoms with Crippen LogP contribution in [0, 0.1) is 12.8 Å². The summed E-state index contributed by atoms with van der Waals surface area (Å²) in [4.78, 5) is 24.9. The van der Waals surface area contributed by atoms with E-state index < -0.39 is 35.9 Å². The van der Waals surface area contributed by atoms with E-state index in [2.05, 4.69) is 5.32 Å². The lowest BCUT2D eigenvalue weighted by atomic mass is 9.89. The van der Waals surface area contributed by atoms with Gasteiger partial charge >= 0.3 is 12.1 Å². The summed E-state index contributed by atoms with van der Waals surface area (Å²) in [6, 6.07) is 6.92. The smallest absolute Gasteiger partial charge is 0.408 e. The summed E-state index contributed by atoms with van der Waals surface area (Å²) in [6.07, 6.45) is 0.814. The number of hydrogen-bond donors (Lipinski definition) is 2. The SMILES string of the molecule is Cc1ccc(O[C@@H]2[C@@H](CCO)CCC[C@H](NC(=O)OC(C)(C)C)C(=O)O[C@H]2C)cc1. The highest BCUT2D eigenvalue weighted by molar-refractivity contribution is 5.81. The molecule has 1 aliphatic heterocycles. The minimum absolute atomic E-state index is 0.0133. The third-order valence-corrected chi connectivity index (χ3v) is 5.07. The fourth-order valence-corrected chi connectivity index (χ4v) is 3.60. The van der Waals surface area contributed by atoms with Crippen molar-refractivity contribution in [3.8, 4) is 5.75 Å². The maximum absolute atomic E-state index is 12.7. The van der Waals surface area contributed by atoms with Crippen molar-refractivity contribution in [2.75, 3.05) is 6.61 Å². The van der Waals surface area contributed by atoms with Crippen molar-refractivity contribution in [1.82, 2.24) is 5.32 Å². The predicted molar refractivity (Wildman–Crippen MR) is 113 cm³/mol. The molecular formula is C23H35NO6. The Kier molecular flexibility index (Phi) is 8.53. The number of aryl methyl sites for hydroxylation is 1. The molecule has 2 rings (SSSR count). The first kappa shape index (κ1) is 24.0. The molecule has 7 nitrogen and oxygen atoms in total. The summed E-state index contributed by atoms with van der Waals surface area (Å²) in [5.74, 6) is 0.203. The predicted octanol–water partition coefficient (Wildman–Crippen LogP) is 3.75. The molecule has 2 N–H and O–H groups in total. The van der Waals surface area contributed by atoms with Gasteiger partial charge < -0.3 is 24.6 Å². The number of benzene rings is 1. The molecule has 1 aromatic carbocycles. The largest absolute Gasteiger partial charge is 0.486 e. The van der Waals surface area contributed by atoms with Crippen LogP contribution in [0.5, 0.6) is 5.75 Å². The minimum atomic E-state index is -0.782. The summed E-state index contributed by atoms with van der Waals surface area (Å²) in [6.45, 7) is 9.12. The van der Waals surface area contributed by atoms with E-state index in [-0.39, 0.29) is 12.5 Å². The van der Waals surface area contributed by atoms with Gasteiger partial charge in [-0.05, 0) is 66.0 Å². The second kappa shape index (κ2) is 10.7. The fourth-order valence-electron chi connectivity index (χ4n) is 3.60. The van der Waals surface area contributed by atoms with E-state index in [1.807, 2.05) is 31.2 Å².